The first-order chi connectivity index (χ1) is 10.5. The maximum Gasteiger partial charge on any atom is 0.249 e. The Bertz CT molecular complexity index is 505. The maximum atomic E-state index is 12.5. The van der Waals surface area contributed by atoms with Crippen LogP contribution in [0.4, 0.5) is 11.5 Å². The third kappa shape index (κ3) is 3.35. The zero-order chi connectivity index (χ0) is 16.9. The van der Waals surface area contributed by atoms with Crippen LogP contribution in [0.15, 0.2) is 6.20 Å². The number of rotatable bonds is 4. The largest absolute Gasteiger partial charge is 0.340 e. The first kappa shape index (κ1) is 18.7. The summed E-state index contributed by atoms with van der Waals surface area (Å²) >= 11 is 5.96. The number of fused-ring (bicyclic) bond motifs is 1. The lowest BCUT2D eigenvalue weighted by Gasteiger charge is -2.44. The van der Waals surface area contributed by atoms with E-state index >= 15 is 0 Å². The lowest BCUT2D eigenvalue weighted by atomic mass is 10.0. The third-order valence-corrected chi connectivity index (χ3v) is 4.18. The zero-order valence-corrected chi connectivity index (χ0v) is 15.2. The molecule has 2 rings (SSSR count). The fourth-order valence-corrected chi connectivity index (χ4v) is 2.99. The lowest BCUT2D eigenvalue weighted by Crippen LogP contribution is -2.56. The summed E-state index contributed by atoms with van der Waals surface area (Å²) in [6, 6.07) is 0.102. The van der Waals surface area contributed by atoms with Crippen molar-refractivity contribution >= 4 is 29.0 Å². The van der Waals surface area contributed by atoms with Gasteiger partial charge in [0.1, 0.15) is 11.7 Å². The van der Waals surface area contributed by atoms with Gasteiger partial charge in [0.2, 0.25) is 11.2 Å². The van der Waals surface area contributed by atoms with Crippen LogP contribution in [0.25, 0.3) is 0 Å². The van der Waals surface area contributed by atoms with Gasteiger partial charge in [-0.15, -0.1) is 0 Å². The summed E-state index contributed by atoms with van der Waals surface area (Å²) in [5.74, 6) is 0.866. The quantitative estimate of drug-likeness (QED) is 0.787. The number of anilines is 2. The fraction of sp³-hybridized carbons (Fsp3) is 0.688. The maximum absolute atomic E-state index is 12.5. The van der Waals surface area contributed by atoms with Gasteiger partial charge in [-0.2, -0.15) is 4.98 Å². The van der Waals surface area contributed by atoms with Gasteiger partial charge in [0, 0.05) is 13.1 Å². The third-order valence-electron chi connectivity index (χ3n) is 4.00. The average Bonchev–Trinajstić information content (AvgIpc) is 2.55. The molecule has 1 atom stereocenters. The summed E-state index contributed by atoms with van der Waals surface area (Å²) in [6.45, 7) is 10.3. The van der Waals surface area contributed by atoms with E-state index in [1.54, 1.807) is 18.1 Å². The van der Waals surface area contributed by atoms with Crippen molar-refractivity contribution in [2.24, 2.45) is 0 Å². The molecule has 0 bridgehead atoms. The van der Waals surface area contributed by atoms with Crippen LogP contribution < -0.4 is 9.80 Å². The molecular weight excluding hydrogens is 300 g/mol. The molecule has 0 aliphatic carbocycles. The Balaban J connectivity index is 0.00000116. The smallest absolute Gasteiger partial charge is 0.249 e. The molecule has 0 saturated heterocycles. The topological polar surface area (TPSA) is 49.3 Å². The van der Waals surface area contributed by atoms with E-state index < -0.39 is 0 Å². The van der Waals surface area contributed by atoms with Crippen LogP contribution in [0, 0.1) is 0 Å². The Morgan fingerprint density at radius 2 is 1.86 bits per heavy atom. The van der Waals surface area contributed by atoms with Crippen LogP contribution in [0.5, 0.6) is 0 Å². The molecule has 0 N–H and O–H groups in total. The number of amides is 1. The van der Waals surface area contributed by atoms with Gasteiger partial charge in [-0.25, -0.2) is 4.98 Å². The van der Waals surface area contributed by atoms with E-state index in [1.807, 2.05) is 20.8 Å². The molecule has 0 spiro atoms. The molecule has 1 aliphatic rings. The van der Waals surface area contributed by atoms with Gasteiger partial charge in [-0.3, -0.25) is 4.79 Å². The van der Waals surface area contributed by atoms with E-state index in [-0.39, 0.29) is 23.3 Å². The molecule has 0 radical (unpaired) electrons. The van der Waals surface area contributed by atoms with Gasteiger partial charge in [-0.1, -0.05) is 34.6 Å². The van der Waals surface area contributed by atoms with E-state index in [0.29, 0.717) is 0 Å². The Labute approximate surface area is 138 Å². The van der Waals surface area contributed by atoms with Crippen LogP contribution in [0.3, 0.4) is 0 Å². The zero-order valence-electron chi connectivity index (χ0n) is 14.4. The van der Waals surface area contributed by atoms with E-state index in [0.717, 1.165) is 30.8 Å². The number of likely N-dealkylation sites (N-methyl/N-ethyl adjacent to an activating group) is 1. The highest BCUT2D eigenvalue weighted by Crippen LogP contribution is 2.37. The van der Waals surface area contributed by atoms with E-state index in [1.165, 1.54) is 0 Å². The Hall–Kier alpha value is -1.36. The normalized spacial score (nSPS) is 17.3. The highest BCUT2D eigenvalue weighted by atomic mass is 35.5. The van der Waals surface area contributed by atoms with Gasteiger partial charge in [-0.05, 0) is 30.9 Å². The molecule has 5 nitrogen and oxygen atoms in total. The van der Waals surface area contributed by atoms with Crippen molar-refractivity contribution in [2.75, 3.05) is 16.8 Å². The summed E-state index contributed by atoms with van der Waals surface area (Å²) in [4.78, 5) is 24.7. The van der Waals surface area contributed by atoms with E-state index in [2.05, 4.69) is 28.7 Å². The second-order valence-electron chi connectivity index (χ2n) is 5.05. The van der Waals surface area contributed by atoms with Crippen LogP contribution in [-0.4, -0.2) is 35.0 Å². The average molecular weight is 327 g/mol. The van der Waals surface area contributed by atoms with Crippen molar-refractivity contribution < 1.29 is 4.79 Å². The van der Waals surface area contributed by atoms with E-state index in [9.17, 15) is 4.79 Å². The summed E-state index contributed by atoms with van der Waals surface area (Å²) in [6.07, 6.45) is 4.31. The van der Waals surface area contributed by atoms with Crippen LogP contribution in [0.2, 0.25) is 5.28 Å². The molecule has 1 amide bonds. The summed E-state index contributed by atoms with van der Waals surface area (Å²) < 4.78 is 0. The molecular formula is C16H27ClN4O. The summed E-state index contributed by atoms with van der Waals surface area (Å²) in [5.41, 5.74) is 0.732. The van der Waals surface area contributed by atoms with E-state index in [4.69, 9.17) is 11.6 Å². The van der Waals surface area contributed by atoms with Crippen molar-refractivity contribution in [2.45, 2.75) is 66.0 Å². The molecule has 124 valence electrons. The summed E-state index contributed by atoms with van der Waals surface area (Å²) in [5, 5.41) is 0.220. The first-order valence-corrected chi connectivity index (χ1v) is 8.51. The highest BCUT2D eigenvalue weighted by molar-refractivity contribution is 6.28. The molecule has 2 heterocycles. The molecule has 1 aromatic heterocycles. The minimum absolute atomic E-state index is 0.0952. The standard InChI is InChI=1S/C14H21ClN4O.C2H6/c1-5-9(6-2)19-10(7-3)13(20)18(4)11-8-16-14(15)17-12(11)19;1-2/h8-10H,5-7H2,1-4H3;1-2H3/t10-;/m1./s1. The number of hydrogen-bond donors (Lipinski definition) is 0. The van der Waals surface area contributed by atoms with Gasteiger partial charge in [0.25, 0.3) is 0 Å². The van der Waals surface area contributed by atoms with Gasteiger partial charge in [0.15, 0.2) is 5.82 Å². The minimum atomic E-state index is -0.177. The van der Waals surface area contributed by atoms with Crippen molar-refractivity contribution in [3.63, 3.8) is 0 Å². The SMILES string of the molecule is CC.CCC(CC)N1c2nc(Cl)ncc2N(C)C(=O)[C@H]1CC. The van der Waals surface area contributed by atoms with Crippen LogP contribution in [-0.2, 0) is 4.79 Å². The molecule has 22 heavy (non-hydrogen) atoms. The number of carbonyl (C=O) groups excluding carboxylic acids is 1. The second-order valence-corrected chi connectivity index (χ2v) is 5.38. The number of halogens is 1. The molecule has 0 saturated carbocycles. The second kappa shape index (κ2) is 8.32. The molecule has 6 heteroatoms. The van der Waals surface area contributed by atoms with Crippen molar-refractivity contribution in [1.82, 2.24) is 9.97 Å². The molecule has 0 unspecified atom stereocenters. The number of nitrogens with zero attached hydrogens (tertiary/aromatic N) is 4. The lowest BCUT2D eigenvalue weighted by molar-refractivity contribution is -0.120. The number of aromatic nitrogens is 2. The first-order valence-electron chi connectivity index (χ1n) is 8.13. The number of carbonyl (C=O) groups is 1. The predicted octanol–water partition coefficient (Wildman–Crippen LogP) is 3.91. The Morgan fingerprint density at radius 1 is 1.27 bits per heavy atom. The van der Waals surface area contributed by atoms with Crippen molar-refractivity contribution in [1.29, 1.82) is 0 Å². The van der Waals surface area contributed by atoms with Crippen molar-refractivity contribution in [3.8, 4) is 0 Å². The van der Waals surface area contributed by atoms with Crippen molar-refractivity contribution in [3.05, 3.63) is 11.5 Å². The molecule has 1 aromatic rings. The Morgan fingerprint density at radius 3 is 2.36 bits per heavy atom. The minimum Gasteiger partial charge on any atom is -0.340 e. The monoisotopic (exact) mass is 326 g/mol. The highest BCUT2D eigenvalue weighted by Gasteiger charge is 2.39. The van der Waals surface area contributed by atoms with Gasteiger partial charge in [0.05, 0.1) is 6.20 Å². The molecule has 1 aliphatic heterocycles. The molecule has 0 aromatic carbocycles. The summed E-state index contributed by atoms with van der Waals surface area (Å²) in [7, 11) is 1.77. The van der Waals surface area contributed by atoms with Gasteiger partial charge < -0.3 is 9.80 Å². The molecule has 0 fully saturated rings. The fourth-order valence-electron chi connectivity index (χ4n) is 2.86. The predicted molar refractivity (Wildman–Crippen MR) is 92.7 cm³/mol. The Kier molecular flexibility index (Phi) is 7.07. The number of hydrogen-bond acceptors (Lipinski definition) is 4. The van der Waals surface area contributed by atoms with Crippen LogP contribution in [0.1, 0.15) is 53.9 Å². The van der Waals surface area contributed by atoms with Crippen LogP contribution >= 0.6 is 11.6 Å². The van der Waals surface area contributed by atoms with Gasteiger partial charge >= 0.3 is 0 Å².